The van der Waals surface area contributed by atoms with Crippen LogP contribution in [0.2, 0.25) is 5.02 Å². The third-order valence-corrected chi connectivity index (χ3v) is 9.34. The van der Waals surface area contributed by atoms with Crippen LogP contribution in [0.5, 0.6) is 0 Å². The van der Waals surface area contributed by atoms with Crippen LogP contribution in [0.4, 0.5) is 15.8 Å². The number of halogens is 2. The SMILES string of the molecule is CC(C)O.CSc1nc2ccc(NC(=O)CSc3nc4ccc(N=Cc5c(F)cccc5Cl)cc4s3)cc2s1. The van der Waals surface area contributed by atoms with Gasteiger partial charge in [-0.15, -0.1) is 22.7 Å². The molecule has 0 saturated carbocycles. The molecule has 0 aliphatic carbocycles. The zero-order valence-electron chi connectivity index (χ0n) is 21.1. The average molecular weight is 619 g/mol. The maximum Gasteiger partial charge on any atom is 0.234 e. The number of amides is 1. The third-order valence-electron chi connectivity index (χ3n) is 4.85. The molecular formula is C27H24ClFN4O2S4. The van der Waals surface area contributed by atoms with E-state index in [1.54, 1.807) is 49.1 Å². The molecule has 39 heavy (non-hydrogen) atoms. The van der Waals surface area contributed by atoms with Gasteiger partial charge in [-0.1, -0.05) is 41.2 Å². The Morgan fingerprint density at radius 2 is 1.77 bits per heavy atom. The van der Waals surface area contributed by atoms with E-state index in [1.807, 2.05) is 42.7 Å². The fourth-order valence-electron chi connectivity index (χ4n) is 3.20. The summed E-state index contributed by atoms with van der Waals surface area (Å²) < 4.78 is 17.7. The van der Waals surface area contributed by atoms with Crippen molar-refractivity contribution in [2.75, 3.05) is 17.3 Å². The second kappa shape index (κ2) is 13.7. The largest absolute Gasteiger partial charge is 0.394 e. The zero-order chi connectivity index (χ0) is 27.9. The number of thiazole rings is 2. The molecule has 0 spiro atoms. The van der Waals surface area contributed by atoms with Crippen LogP contribution in [0.15, 0.2) is 68.3 Å². The number of benzene rings is 3. The first-order chi connectivity index (χ1) is 18.7. The van der Waals surface area contributed by atoms with E-state index in [4.69, 9.17) is 16.7 Å². The Hall–Kier alpha value is -2.54. The predicted octanol–water partition coefficient (Wildman–Crippen LogP) is 8.29. The minimum atomic E-state index is -0.422. The number of hydrogen-bond donors (Lipinski definition) is 2. The maximum absolute atomic E-state index is 14.0. The summed E-state index contributed by atoms with van der Waals surface area (Å²) in [7, 11) is 0. The van der Waals surface area contributed by atoms with Crippen LogP contribution in [0, 0.1) is 5.82 Å². The standard InChI is InChI=1S/C24H16ClFN4OS4.C3H8O/c1-32-23-29-18-8-6-14(10-21(18)34-23)28-22(31)12-33-24-30-19-7-5-13(9-20(19)35-24)27-11-15-16(25)3-2-4-17(15)26;1-3(2)4/h2-11H,12H2,1H3,(H,28,31);3-4H,1-2H3. The van der Waals surface area contributed by atoms with Gasteiger partial charge in [-0.25, -0.2) is 14.4 Å². The van der Waals surface area contributed by atoms with Crippen molar-refractivity contribution in [3.05, 3.63) is 71.0 Å². The number of fused-ring (bicyclic) bond motifs is 2. The van der Waals surface area contributed by atoms with Crippen molar-refractivity contribution < 1.29 is 14.3 Å². The number of aliphatic hydroxyl groups is 1. The molecule has 0 aliphatic heterocycles. The maximum atomic E-state index is 14.0. The van der Waals surface area contributed by atoms with Crippen molar-refractivity contribution in [3.63, 3.8) is 0 Å². The molecule has 0 bridgehead atoms. The highest BCUT2D eigenvalue weighted by Crippen LogP contribution is 2.33. The smallest absolute Gasteiger partial charge is 0.234 e. The van der Waals surface area contributed by atoms with E-state index < -0.39 is 5.82 Å². The number of aromatic nitrogens is 2. The van der Waals surface area contributed by atoms with E-state index in [0.717, 1.165) is 34.8 Å². The van der Waals surface area contributed by atoms with Crippen LogP contribution in [0.1, 0.15) is 19.4 Å². The van der Waals surface area contributed by atoms with Gasteiger partial charge >= 0.3 is 0 Å². The summed E-state index contributed by atoms with van der Waals surface area (Å²) in [6, 6.07) is 15.8. The van der Waals surface area contributed by atoms with Crippen LogP contribution < -0.4 is 5.32 Å². The number of carbonyl (C=O) groups excluding carboxylic acids is 1. The van der Waals surface area contributed by atoms with Gasteiger partial charge < -0.3 is 10.4 Å². The molecular weight excluding hydrogens is 595 g/mol. The molecule has 3 aromatic carbocycles. The number of rotatable bonds is 7. The number of thioether (sulfide) groups is 2. The van der Waals surface area contributed by atoms with Crippen LogP contribution in [-0.4, -0.2) is 45.3 Å². The van der Waals surface area contributed by atoms with Gasteiger partial charge in [0.1, 0.15) is 5.82 Å². The average Bonchev–Trinajstić information content (AvgIpc) is 3.49. The van der Waals surface area contributed by atoms with Crippen LogP contribution in [0.3, 0.4) is 0 Å². The lowest BCUT2D eigenvalue weighted by Crippen LogP contribution is -2.13. The summed E-state index contributed by atoms with van der Waals surface area (Å²) in [5, 5.41) is 11.3. The Morgan fingerprint density at radius 3 is 2.49 bits per heavy atom. The van der Waals surface area contributed by atoms with E-state index in [9.17, 15) is 9.18 Å². The molecule has 0 unspecified atom stereocenters. The molecule has 2 aromatic heterocycles. The van der Waals surface area contributed by atoms with Gasteiger partial charge in [0, 0.05) is 23.6 Å². The van der Waals surface area contributed by atoms with Gasteiger partial charge in [0.15, 0.2) is 8.68 Å². The summed E-state index contributed by atoms with van der Waals surface area (Å²) in [5.41, 5.74) is 3.42. The van der Waals surface area contributed by atoms with Crippen molar-refractivity contribution in [1.29, 1.82) is 0 Å². The second-order valence-electron chi connectivity index (χ2n) is 8.32. The topological polar surface area (TPSA) is 87.5 Å². The van der Waals surface area contributed by atoms with Crippen molar-refractivity contribution in [1.82, 2.24) is 9.97 Å². The van der Waals surface area contributed by atoms with Crippen molar-refractivity contribution >= 4 is 102 Å². The highest BCUT2D eigenvalue weighted by Gasteiger charge is 2.11. The highest BCUT2D eigenvalue weighted by atomic mass is 35.5. The first-order valence-corrected chi connectivity index (χ1v) is 15.9. The van der Waals surface area contributed by atoms with Gasteiger partial charge in [-0.2, -0.15) is 0 Å². The molecule has 12 heteroatoms. The molecule has 0 radical (unpaired) electrons. The summed E-state index contributed by atoms with van der Waals surface area (Å²) in [6.07, 6.45) is 3.25. The summed E-state index contributed by atoms with van der Waals surface area (Å²) in [5.74, 6) is -0.281. The summed E-state index contributed by atoms with van der Waals surface area (Å²) >= 11 is 12.1. The molecule has 6 nitrogen and oxygen atoms in total. The number of nitrogens with one attached hydrogen (secondary N) is 1. The number of aliphatic imine (C=N–C) groups is 1. The van der Waals surface area contributed by atoms with Gasteiger partial charge in [-0.3, -0.25) is 9.79 Å². The quantitative estimate of drug-likeness (QED) is 0.141. The molecule has 2 N–H and O–H groups in total. The molecule has 0 saturated heterocycles. The van der Waals surface area contributed by atoms with Crippen LogP contribution in [0.25, 0.3) is 20.4 Å². The van der Waals surface area contributed by atoms with E-state index in [1.165, 1.54) is 35.4 Å². The lowest BCUT2D eigenvalue weighted by molar-refractivity contribution is -0.113. The Morgan fingerprint density at radius 1 is 1.10 bits per heavy atom. The van der Waals surface area contributed by atoms with E-state index in [2.05, 4.69) is 20.3 Å². The molecule has 0 fully saturated rings. The lowest BCUT2D eigenvalue weighted by atomic mass is 10.2. The van der Waals surface area contributed by atoms with E-state index in [-0.39, 0.29) is 23.3 Å². The molecule has 2 heterocycles. The molecule has 1 amide bonds. The second-order valence-corrected chi connectivity index (χ2v) is 13.1. The van der Waals surface area contributed by atoms with E-state index in [0.29, 0.717) is 10.7 Å². The fourth-order valence-corrected chi connectivity index (χ4v) is 6.84. The number of carbonyl (C=O) groups is 1. The first kappa shape index (κ1) is 29.4. The molecule has 202 valence electrons. The summed E-state index contributed by atoms with van der Waals surface area (Å²) in [6.45, 7) is 3.44. The van der Waals surface area contributed by atoms with Crippen molar-refractivity contribution in [2.45, 2.75) is 28.6 Å². The third kappa shape index (κ3) is 8.23. The van der Waals surface area contributed by atoms with Crippen LogP contribution >= 0.6 is 57.8 Å². The summed E-state index contributed by atoms with van der Waals surface area (Å²) in [4.78, 5) is 26.0. The van der Waals surface area contributed by atoms with Gasteiger partial charge in [0.05, 0.1) is 36.9 Å². The highest BCUT2D eigenvalue weighted by molar-refractivity contribution is 8.01. The molecule has 5 rings (SSSR count). The number of hydrogen-bond acceptors (Lipinski definition) is 9. The molecule has 0 aliphatic rings. The fraction of sp³-hybridized carbons (Fsp3) is 0.185. The Bertz CT molecular complexity index is 1610. The van der Waals surface area contributed by atoms with Gasteiger partial charge in [0.25, 0.3) is 0 Å². The lowest BCUT2D eigenvalue weighted by Gasteiger charge is -2.03. The Labute approximate surface area is 246 Å². The zero-order valence-corrected chi connectivity index (χ0v) is 25.2. The number of anilines is 1. The van der Waals surface area contributed by atoms with Gasteiger partial charge in [0.2, 0.25) is 5.91 Å². The molecule has 5 aromatic rings. The number of aliphatic hydroxyl groups excluding tert-OH is 1. The Kier molecular flexibility index (Phi) is 10.3. The first-order valence-electron chi connectivity index (χ1n) is 11.7. The monoisotopic (exact) mass is 618 g/mol. The van der Waals surface area contributed by atoms with Crippen LogP contribution in [-0.2, 0) is 4.79 Å². The number of nitrogens with zero attached hydrogens (tertiary/aromatic N) is 3. The molecule has 0 atom stereocenters. The van der Waals surface area contributed by atoms with Crippen molar-refractivity contribution in [2.24, 2.45) is 4.99 Å². The minimum Gasteiger partial charge on any atom is -0.394 e. The van der Waals surface area contributed by atoms with E-state index >= 15 is 0 Å². The minimum absolute atomic E-state index is 0.102. The Balaban J connectivity index is 0.000000826. The predicted molar refractivity (Wildman–Crippen MR) is 166 cm³/mol. The van der Waals surface area contributed by atoms with Crippen molar-refractivity contribution in [3.8, 4) is 0 Å². The van der Waals surface area contributed by atoms with Gasteiger partial charge in [-0.05, 0) is 68.6 Å². The normalized spacial score (nSPS) is 11.4.